The second-order valence-electron chi connectivity index (χ2n) is 4.60. The van der Waals surface area contributed by atoms with E-state index < -0.39 is 10.0 Å². The molecule has 1 fully saturated rings. The molecule has 1 N–H and O–H groups in total. The van der Waals surface area contributed by atoms with E-state index in [2.05, 4.69) is 14.7 Å². The number of hydrogen-bond acceptors (Lipinski definition) is 5. The molecule has 0 bridgehead atoms. The van der Waals surface area contributed by atoms with Gasteiger partial charge in [-0.1, -0.05) is 0 Å². The third-order valence-electron chi connectivity index (χ3n) is 3.08. The number of aryl methyl sites for hydroxylation is 2. The number of hydrogen-bond donors (Lipinski definition) is 1. The fourth-order valence-corrected chi connectivity index (χ4v) is 3.32. The van der Waals surface area contributed by atoms with Gasteiger partial charge in [0.25, 0.3) is 0 Å². The highest BCUT2D eigenvalue weighted by atomic mass is 32.2. The lowest BCUT2D eigenvalue weighted by atomic mass is 10.4. The van der Waals surface area contributed by atoms with Crippen molar-refractivity contribution in [3.05, 3.63) is 11.9 Å². The van der Waals surface area contributed by atoms with Crippen molar-refractivity contribution < 1.29 is 13.2 Å². The Morgan fingerprint density at radius 2 is 2.11 bits per heavy atom. The molecule has 1 aliphatic rings. The normalized spacial score (nSPS) is 17.8. The fraction of sp³-hybridized carbons (Fsp3) is 0.727. The Kier molecular flexibility index (Phi) is 4.56. The summed E-state index contributed by atoms with van der Waals surface area (Å²) in [6.07, 6.45) is 1.52. The highest BCUT2D eigenvalue weighted by Gasteiger charge is 2.19. The van der Waals surface area contributed by atoms with Crippen LogP contribution < -0.4 is 4.72 Å². The number of nitrogens with one attached hydrogen (secondary N) is 1. The first-order valence-corrected chi connectivity index (χ1v) is 7.77. The predicted octanol–water partition coefficient (Wildman–Crippen LogP) is -0.661. The Morgan fingerprint density at radius 1 is 1.42 bits per heavy atom. The molecule has 2 heterocycles. The fourth-order valence-electron chi connectivity index (χ4n) is 2.08. The Balaban J connectivity index is 1.89. The summed E-state index contributed by atoms with van der Waals surface area (Å²) in [5.74, 6) is 0. The van der Waals surface area contributed by atoms with Crippen LogP contribution in [0.5, 0.6) is 0 Å². The highest BCUT2D eigenvalue weighted by Crippen LogP contribution is 2.11. The van der Waals surface area contributed by atoms with E-state index in [0.717, 1.165) is 13.1 Å². The molecule has 1 aromatic heterocycles. The van der Waals surface area contributed by atoms with E-state index in [4.69, 9.17) is 4.74 Å². The van der Waals surface area contributed by atoms with Gasteiger partial charge in [-0.15, -0.1) is 0 Å². The van der Waals surface area contributed by atoms with Crippen LogP contribution >= 0.6 is 0 Å². The molecule has 108 valence electrons. The summed E-state index contributed by atoms with van der Waals surface area (Å²) in [7, 11) is -1.75. The molecule has 1 aromatic rings. The van der Waals surface area contributed by atoms with Gasteiger partial charge in [-0.3, -0.25) is 9.58 Å². The second-order valence-corrected chi connectivity index (χ2v) is 6.34. The molecule has 0 atom stereocenters. The van der Waals surface area contributed by atoms with E-state index in [9.17, 15) is 8.42 Å². The van der Waals surface area contributed by atoms with E-state index in [1.54, 1.807) is 14.0 Å². The van der Waals surface area contributed by atoms with Crippen LogP contribution in [0.2, 0.25) is 0 Å². The molecule has 0 spiro atoms. The van der Waals surface area contributed by atoms with Gasteiger partial charge in [0, 0.05) is 39.4 Å². The predicted molar refractivity (Wildman–Crippen MR) is 70.4 cm³/mol. The van der Waals surface area contributed by atoms with E-state index in [1.807, 2.05) is 0 Å². The summed E-state index contributed by atoms with van der Waals surface area (Å²) in [6.45, 7) is 5.93. The van der Waals surface area contributed by atoms with Crippen molar-refractivity contribution in [2.75, 3.05) is 39.4 Å². The van der Waals surface area contributed by atoms with Crippen LogP contribution in [-0.2, 0) is 21.8 Å². The molecule has 2 rings (SSSR count). The number of nitrogens with zero attached hydrogens (tertiary/aromatic N) is 3. The third-order valence-corrected chi connectivity index (χ3v) is 4.65. The molecule has 0 aromatic carbocycles. The summed E-state index contributed by atoms with van der Waals surface area (Å²) in [4.78, 5) is 2.43. The zero-order chi connectivity index (χ0) is 13.9. The number of sulfonamides is 1. The molecule has 19 heavy (non-hydrogen) atoms. The van der Waals surface area contributed by atoms with Crippen molar-refractivity contribution in [3.63, 3.8) is 0 Å². The minimum atomic E-state index is -3.46. The maximum atomic E-state index is 12.1. The zero-order valence-electron chi connectivity index (χ0n) is 11.3. The number of rotatable bonds is 5. The maximum absolute atomic E-state index is 12.1. The Hall–Kier alpha value is -0.960. The summed E-state index contributed by atoms with van der Waals surface area (Å²) in [6, 6.07) is 0. The van der Waals surface area contributed by atoms with Crippen molar-refractivity contribution in [1.29, 1.82) is 0 Å². The summed E-state index contributed by atoms with van der Waals surface area (Å²) < 4.78 is 33.6. The largest absolute Gasteiger partial charge is 0.379 e. The summed E-state index contributed by atoms with van der Waals surface area (Å²) >= 11 is 0. The van der Waals surface area contributed by atoms with Crippen LogP contribution in [-0.4, -0.2) is 62.5 Å². The van der Waals surface area contributed by atoms with E-state index >= 15 is 0 Å². The highest BCUT2D eigenvalue weighted by molar-refractivity contribution is 7.89. The van der Waals surface area contributed by atoms with Gasteiger partial charge in [0.2, 0.25) is 10.0 Å². The van der Waals surface area contributed by atoms with E-state index in [0.29, 0.717) is 32.0 Å². The SMILES string of the molecule is Cc1nn(C)cc1S(=O)(=O)NCCN1CCOCC1. The van der Waals surface area contributed by atoms with E-state index in [1.165, 1.54) is 10.9 Å². The van der Waals surface area contributed by atoms with Crippen LogP contribution in [0, 0.1) is 6.92 Å². The molecular weight excluding hydrogens is 268 g/mol. The van der Waals surface area contributed by atoms with Crippen molar-refractivity contribution in [3.8, 4) is 0 Å². The van der Waals surface area contributed by atoms with Gasteiger partial charge in [-0.25, -0.2) is 13.1 Å². The van der Waals surface area contributed by atoms with Crippen molar-refractivity contribution >= 4 is 10.0 Å². The summed E-state index contributed by atoms with van der Waals surface area (Å²) in [5, 5.41) is 4.05. The minimum Gasteiger partial charge on any atom is -0.379 e. The Morgan fingerprint density at radius 3 is 2.68 bits per heavy atom. The Labute approximate surface area is 113 Å². The molecular formula is C11H20N4O3S. The molecule has 0 saturated carbocycles. The number of aromatic nitrogens is 2. The van der Waals surface area contributed by atoms with Gasteiger partial charge < -0.3 is 4.74 Å². The molecule has 0 aliphatic carbocycles. The quantitative estimate of drug-likeness (QED) is 0.778. The molecule has 8 heteroatoms. The van der Waals surface area contributed by atoms with Crippen LogP contribution in [0.1, 0.15) is 5.69 Å². The van der Waals surface area contributed by atoms with Gasteiger partial charge >= 0.3 is 0 Å². The minimum absolute atomic E-state index is 0.247. The first-order chi connectivity index (χ1) is 8.99. The van der Waals surface area contributed by atoms with Crippen LogP contribution in [0.15, 0.2) is 11.1 Å². The lowest BCUT2D eigenvalue weighted by molar-refractivity contribution is 0.0390. The Bertz CT molecular complexity index is 520. The average molecular weight is 288 g/mol. The molecule has 1 saturated heterocycles. The first kappa shape index (κ1) is 14.4. The second kappa shape index (κ2) is 6.00. The molecule has 0 amide bonds. The maximum Gasteiger partial charge on any atom is 0.244 e. The monoisotopic (exact) mass is 288 g/mol. The third kappa shape index (κ3) is 3.75. The standard InChI is InChI=1S/C11H20N4O3S/c1-10-11(9-14(2)13-10)19(16,17)12-3-4-15-5-7-18-8-6-15/h9,12H,3-8H2,1-2H3. The van der Waals surface area contributed by atoms with Gasteiger partial charge in [0.1, 0.15) is 4.90 Å². The summed E-state index contributed by atoms with van der Waals surface area (Å²) in [5.41, 5.74) is 0.515. The van der Waals surface area contributed by atoms with E-state index in [-0.39, 0.29) is 4.90 Å². The molecule has 7 nitrogen and oxygen atoms in total. The molecule has 0 unspecified atom stereocenters. The van der Waals surface area contributed by atoms with Crippen molar-refractivity contribution in [2.45, 2.75) is 11.8 Å². The topological polar surface area (TPSA) is 76.5 Å². The smallest absolute Gasteiger partial charge is 0.244 e. The molecule has 0 radical (unpaired) electrons. The lowest BCUT2D eigenvalue weighted by Gasteiger charge is -2.26. The molecule has 1 aliphatic heterocycles. The van der Waals surface area contributed by atoms with Gasteiger partial charge in [0.05, 0.1) is 18.9 Å². The zero-order valence-corrected chi connectivity index (χ0v) is 12.1. The number of ether oxygens (including phenoxy) is 1. The van der Waals surface area contributed by atoms with Gasteiger partial charge in [-0.05, 0) is 6.92 Å². The van der Waals surface area contributed by atoms with Gasteiger partial charge in [0.15, 0.2) is 0 Å². The lowest BCUT2D eigenvalue weighted by Crippen LogP contribution is -2.41. The first-order valence-electron chi connectivity index (χ1n) is 6.29. The number of morpholine rings is 1. The van der Waals surface area contributed by atoms with Crippen LogP contribution in [0.4, 0.5) is 0 Å². The van der Waals surface area contributed by atoms with Crippen LogP contribution in [0.3, 0.4) is 0 Å². The average Bonchev–Trinajstić information content (AvgIpc) is 2.70. The van der Waals surface area contributed by atoms with Gasteiger partial charge in [-0.2, -0.15) is 5.10 Å². The van der Waals surface area contributed by atoms with Crippen LogP contribution in [0.25, 0.3) is 0 Å². The van der Waals surface area contributed by atoms with Crippen molar-refractivity contribution in [1.82, 2.24) is 19.4 Å². The van der Waals surface area contributed by atoms with Crippen molar-refractivity contribution in [2.24, 2.45) is 7.05 Å².